The number of rotatable bonds is 5. The number of nitrogens with one attached hydrogen (secondary N) is 1. The number of likely N-dealkylation sites (tertiary alicyclic amines) is 1. The third kappa shape index (κ3) is 3.59. The number of aliphatic hydroxyl groups excluding tert-OH is 1. The summed E-state index contributed by atoms with van der Waals surface area (Å²) < 4.78 is 0. The molecule has 1 heterocycles. The summed E-state index contributed by atoms with van der Waals surface area (Å²) in [6.45, 7) is 2.26. The highest BCUT2D eigenvalue weighted by atomic mass is 35.5. The van der Waals surface area contributed by atoms with E-state index in [1.54, 1.807) is 24.1 Å². The normalized spacial score (nSPS) is 22.7. The average molecular weight is 325 g/mol. The predicted molar refractivity (Wildman–Crippen MR) is 84.3 cm³/mol. The molecule has 1 saturated heterocycles. The summed E-state index contributed by atoms with van der Waals surface area (Å²) in [7, 11) is 1.71. The minimum Gasteiger partial charge on any atom is -0.396 e. The van der Waals surface area contributed by atoms with Crippen molar-refractivity contribution in [2.24, 2.45) is 11.8 Å². The van der Waals surface area contributed by atoms with E-state index in [2.05, 4.69) is 5.32 Å². The molecule has 1 aromatic carbocycles. The van der Waals surface area contributed by atoms with Crippen molar-refractivity contribution in [2.75, 3.05) is 20.2 Å². The molecule has 6 heteroatoms. The molecular formula is C16H21ClN2O3. The van der Waals surface area contributed by atoms with Gasteiger partial charge in [0.25, 0.3) is 0 Å². The second-order valence-corrected chi connectivity index (χ2v) is 6.28. The van der Waals surface area contributed by atoms with Crippen LogP contribution in [0.1, 0.15) is 24.9 Å². The van der Waals surface area contributed by atoms with Crippen LogP contribution in [0.15, 0.2) is 24.3 Å². The second kappa shape index (κ2) is 7.11. The van der Waals surface area contributed by atoms with E-state index in [0.29, 0.717) is 11.6 Å². The van der Waals surface area contributed by atoms with E-state index >= 15 is 0 Å². The van der Waals surface area contributed by atoms with Crippen LogP contribution in [0.4, 0.5) is 0 Å². The van der Waals surface area contributed by atoms with E-state index in [1.807, 2.05) is 19.1 Å². The topological polar surface area (TPSA) is 69.6 Å². The van der Waals surface area contributed by atoms with Gasteiger partial charge in [0, 0.05) is 31.6 Å². The maximum absolute atomic E-state index is 12.4. The van der Waals surface area contributed by atoms with Gasteiger partial charge in [0.15, 0.2) is 0 Å². The molecule has 22 heavy (non-hydrogen) atoms. The van der Waals surface area contributed by atoms with Crippen molar-refractivity contribution in [1.82, 2.24) is 10.2 Å². The summed E-state index contributed by atoms with van der Waals surface area (Å²) in [5, 5.41) is 12.4. The van der Waals surface area contributed by atoms with Crippen molar-refractivity contribution in [3.63, 3.8) is 0 Å². The van der Waals surface area contributed by atoms with Gasteiger partial charge in [-0.2, -0.15) is 0 Å². The highest BCUT2D eigenvalue weighted by molar-refractivity contribution is 6.30. The standard InChI is InChI=1S/C16H21ClN2O3/c1-10(9-20)8-18-16(22)13-7-14(21)19(2)15(13)11-4-3-5-12(17)6-11/h3-6,10,13,15,20H,7-9H2,1-2H3,(H,18,22). The molecule has 1 aromatic rings. The minimum atomic E-state index is -0.443. The average Bonchev–Trinajstić information content (AvgIpc) is 2.80. The Morgan fingerprint density at radius 2 is 2.27 bits per heavy atom. The van der Waals surface area contributed by atoms with E-state index in [9.17, 15) is 9.59 Å². The molecule has 3 atom stereocenters. The zero-order valence-corrected chi connectivity index (χ0v) is 13.5. The number of nitrogens with zero attached hydrogens (tertiary/aromatic N) is 1. The Hall–Kier alpha value is -1.59. The number of carbonyl (C=O) groups excluding carboxylic acids is 2. The van der Waals surface area contributed by atoms with Gasteiger partial charge in [0.2, 0.25) is 11.8 Å². The molecule has 0 saturated carbocycles. The van der Waals surface area contributed by atoms with Gasteiger partial charge in [-0.3, -0.25) is 9.59 Å². The minimum absolute atomic E-state index is 0.0107. The largest absolute Gasteiger partial charge is 0.396 e. The van der Waals surface area contributed by atoms with Crippen molar-refractivity contribution >= 4 is 23.4 Å². The van der Waals surface area contributed by atoms with Gasteiger partial charge in [0.05, 0.1) is 12.0 Å². The van der Waals surface area contributed by atoms with E-state index in [1.165, 1.54) is 0 Å². The first-order valence-corrected chi connectivity index (χ1v) is 7.71. The van der Waals surface area contributed by atoms with Crippen LogP contribution in [0.3, 0.4) is 0 Å². The van der Waals surface area contributed by atoms with E-state index in [-0.39, 0.29) is 36.8 Å². The molecule has 3 unspecified atom stereocenters. The summed E-state index contributed by atoms with van der Waals surface area (Å²) in [5.41, 5.74) is 0.858. The Morgan fingerprint density at radius 1 is 1.55 bits per heavy atom. The van der Waals surface area contributed by atoms with Crippen molar-refractivity contribution in [3.8, 4) is 0 Å². The zero-order chi connectivity index (χ0) is 16.3. The van der Waals surface area contributed by atoms with E-state index in [0.717, 1.165) is 5.56 Å². The number of hydrogen-bond acceptors (Lipinski definition) is 3. The summed E-state index contributed by atoms with van der Waals surface area (Å²) in [4.78, 5) is 26.0. The lowest BCUT2D eigenvalue weighted by Crippen LogP contribution is -2.37. The third-order valence-electron chi connectivity index (χ3n) is 4.05. The molecule has 5 nitrogen and oxygen atoms in total. The summed E-state index contributed by atoms with van der Waals surface area (Å²) in [6.07, 6.45) is 0.188. The fourth-order valence-corrected chi connectivity index (χ4v) is 2.92. The molecule has 2 amide bonds. The lowest BCUT2D eigenvalue weighted by atomic mass is 9.93. The molecule has 0 radical (unpaired) electrons. The Labute approximate surface area is 135 Å². The third-order valence-corrected chi connectivity index (χ3v) is 4.28. The van der Waals surface area contributed by atoms with Crippen LogP contribution >= 0.6 is 11.6 Å². The monoisotopic (exact) mass is 324 g/mol. The summed E-state index contributed by atoms with van der Waals surface area (Å²) in [6, 6.07) is 6.94. The first kappa shape index (κ1) is 16.8. The van der Waals surface area contributed by atoms with Gasteiger partial charge < -0.3 is 15.3 Å². The number of halogens is 1. The van der Waals surface area contributed by atoms with Crippen molar-refractivity contribution in [2.45, 2.75) is 19.4 Å². The second-order valence-electron chi connectivity index (χ2n) is 5.85. The van der Waals surface area contributed by atoms with E-state index < -0.39 is 5.92 Å². The van der Waals surface area contributed by atoms with E-state index in [4.69, 9.17) is 16.7 Å². The number of benzene rings is 1. The highest BCUT2D eigenvalue weighted by Crippen LogP contribution is 2.37. The van der Waals surface area contributed by atoms with Crippen LogP contribution < -0.4 is 5.32 Å². The number of hydrogen-bond donors (Lipinski definition) is 2. The molecule has 2 N–H and O–H groups in total. The smallest absolute Gasteiger partial charge is 0.226 e. The Bertz CT molecular complexity index is 564. The van der Waals surface area contributed by atoms with Gasteiger partial charge in [-0.05, 0) is 23.6 Å². The molecule has 0 spiro atoms. The van der Waals surface area contributed by atoms with Gasteiger partial charge in [-0.25, -0.2) is 0 Å². The van der Waals surface area contributed by atoms with Crippen LogP contribution in [0, 0.1) is 11.8 Å². The molecule has 1 aliphatic rings. The molecule has 0 aromatic heterocycles. The lowest BCUT2D eigenvalue weighted by Gasteiger charge is -2.25. The first-order valence-electron chi connectivity index (χ1n) is 7.33. The maximum atomic E-state index is 12.4. The molecular weight excluding hydrogens is 304 g/mol. The van der Waals surface area contributed by atoms with Crippen molar-refractivity contribution in [3.05, 3.63) is 34.9 Å². The van der Waals surface area contributed by atoms with Gasteiger partial charge in [-0.15, -0.1) is 0 Å². The molecule has 120 valence electrons. The quantitative estimate of drug-likeness (QED) is 0.864. The first-order chi connectivity index (χ1) is 10.4. The van der Waals surface area contributed by atoms with Gasteiger partial charge >= 0.3 is 0 Å². The summed E-state index contributed by atoms with van der Waals surface area (Å²) in [5.74, 6) is -0.673. The van der Waals surface area contributed by atoms with Crippen molar-refractivity contribution < 1.29 is 14.7 Å². The fraction of sp³-hybridized carbons (Fsp3) is 0.500. The summed E-state index contributed by atoms with van der Waals surface area (Å²) >= 11 is 6.02. The molecule has 0 aliphatic carbocycles. The van der Waals surface area contributed by atoms with Crippen LogP contribution in [-0.4, -0.2) is 42.0 Å². The van der Waals surface area contributed by atoms with Crippen LogP contribution in [0.25, 0.3) is 0 Å². The predicted octanol–water partition coefficient (Wildman–Crippen LogP) is 1.60. The maximum Gasteiger partial charge on any atom is 0.226 e. The molecule has 2 rings (SSSR count). The Kier molecular flexibility index (Phi) is 5.42. The molecule has 1 fully saturated rings. The lowest BCUT2D eigenvalue weighted by molar-refractivity contribution is -0.128. The van der Waals surface area contributed by atoms with Crippen LogP contribution in [0.5, 0.6) is 0 Å². The van der Waals surface area contributed by atoms with Crippen LogP contribution in [0.2, 0.25) is 5.02 Å². The molecule has 1 aliphatic heterocycles. The van der Waals surface area contributed by atoms with Gasteiger partial charge in [-0.1, -0.05) is 30.7 Å². The van der Waals surface area contributed by atoms with Crippen molar-refractivity contribution in [1.29, 1.82) is 0 Å². The SMILES string of the molecule is CC(CO)CNC(=O)C1CC(=O)N(C)C1c1cccc(Cl)c1. The Morgan fingerprint density at radius 3 is 2.91 bits per heavy atom. The fourth-order valence-electron chi connectivity index (χ4n) is 2.72. The number of carbonyl (C=O) groups is 2. The zero-order valence-electron chi connectivity index (χ0n) is 12.8. The number of aliphatic hydroxyl groups is 1. The number of amides is 2. The Balaban J connectivity index is 2.18. The van der Waals surface area contributed by atoms with Crippen LogP contribution in [-0.2, 0) is 9.59 Å². The molecule has 0 bridgehead atoms. The van der Waals surface area contributed by atoms with Gasteiger partial charge in [0.1, 0.15) is 0 Å². The highest BCUT2D eigenvalue weighted by Gasteiger charge is 2.42.